The maximum Gasteiger partial charge on any atom is 0.336 e. The summed E-state index contributed by atoms with van der Waals surface area (Å²) in [5, 5.41) is 3.55. The van der Waals surface area contributed by atoms with Gasteiger partial charge < -0.3 is 19.4 Å². The molecule has 0 aliphatic carbocycles. The van der Waals surface area contributed by atoms with E-state index in [0.717, 1.165) is 0 Å². The SMILES string of the molecule is COc1cccc(N2CC(C(=O)Nc3ccc4oc(=O)ccc4c3)CC2=O)c1. The summed E-state index contributed by atoms with van der Waals surface area (Å²) in [6.45, 7) is 0.306. The molecule has 1 aliphatic heterocycles. The number of nitrogens with zero attached hydrogens (tertiary/aromatic N) is 1. The quantitative estimate of drug-likeness (QED) is 0.705. The average Bonchev–Trinajstić information content (AvgIpc) is 3.10. The number of carbonyl (C=O) groups excluding carboxylic acids is 2. The van der Waals surface area contributed by atoms with E-state index >= 15 is 0 Å². The second-order valence-corrected chi connectivity index (χ2v) is 6.60. The van der Waals surface area contributed by atoms with E-state index in [9.17, 15) is 14.4 Å². The molecule has 1 unspecified atom stereocenters. The fourth-order valence-corrected chi connectivity index (χ4v) is 3.31. The van der Waals surface area contributed by atoms with Gasteiger partial charge in [0.15, 0.2) is 0 Å². The number of nitrogens with one attached hydrogen (secondary N) is 1. The second kappa shape index (κ2) is 7.19. The third-order valence-electron chi connectivity index (χ3n) is 4.75. The smallest absolute Gasteiger partial charge is 0.336 e. The first-order chi connectivity index (χ1) is 13.5. The number of carbonyl (C=O) groups is 2. The lowest BCUT2D eigenvalue weighted by Gasteiger charge is -2.17. The molecule has 2 amide bonds. The molecule has 142 valence electrons. The number of amides is 2. The molecule has 7 heteroatoms. The normalized spacial score (nSPS) is 16.4. The molecule has 1 fully saturated rings. The van der Waals surface area contributed by atoms with Crippen LogP contribution >= 0.6 is 0 Å². The van der Waals surface area contributed by atoms with Gasteiger partial charge in [-0.1, -0.05) is 6.07 Å². The Morgan fingerprint density at radius 2 is 2.00 bits per heavy atom. The molecule has 1 aliphatic rings. The van der Waals surface area contributed by atoms with Crippen molar-refractivity contribution >= 4 is 34.2 Å². The molecule has 0 saturated carbocycles. The Labute approximate surface area is 160 Å². The van der Waals surface area contributed by atoms with Crippen LogP contribution in [0.2, 0.25) is 0 Å². The van der Waals surface area contributed by atoms with Crippen molar-refractivity contribution < 1.29 is 18.7 Å². The molecular formula is C21H18N2O5. The summed E-state index contributed by atoms with van der Waals surface area (Å²) in [6.07, 6.45) is 0.144. The third-order valence-corrected chi connectivity index (χ3v) is 4.75. The lowest BCUT2D eigenvalue weighted by atomic mass is 10.1. The van der Waals surface area contributed by atoms with Gasteiger partial charge in [0.05, 0.1) is 13.0 Å². The molecule has 0 bridgehead atoms. The molecule has 1 aromatic heterocycles. The molecule has 1 atom stereocenters. The van der Waals surface area contributed by atoms with Crippen LogP contribution in [0.5, 0.6) is 5.75 Å². The van der Waals surface area contributed by atoms with Gasteiger partial charge in [-0.25, -0.2) is 4.79 Å². The maximum absolute atomic E-state index is 12.7. The molecule has 4 rings (SSSR count). The lowest BCUT2D eigenvalue weighted by molar-refractivity contribution is -0.122. The fourth-order valence-electron chi connectivity index (χ4n) is 3.31. The number of rotatable bonds is 4. The highest BCUT2D eigenvalue weighted by Crippen LogP contribution is 2.28. The van der Waals surface area contributed by atoms with Crippen molar-refractivity contribution in [1.82, 2.24) is 0 Å². The topological polar surface area (TPSA) is 88.8 Å². The summed E-state index contributed by atoms with van der Waals surface area (Å²) in [5.41, 5.74) is 1.32. The van der Waals surface area contributed by atoms with E-state index < -0.39 is 11.5 Å². The van der Waals surface area contributed by atoms with E-state index in [2.05, 4.69) is 5.32 Å². The number of hydrogen-bond acceptors (Lipinski definition) is 5. The summed E-state index contributed by atoms with van der Waals surface area (Å²) >= 11 is 0. The van der Waals surface area contributed by atoms with E-state index in [1.165, 1.54) is 6.07 Å². The lowest BCUT2D eigenvalue weighted by Crippen LogP contribution is -2.28. The van der Waals surface area contributed by atoms with Gasteiger partial charge >= 0.3 is 5.63 Å². The first-order valence-corrected chi connectivity index (χ1v) is 8.83. The zero-order valence-corrected chi connectivity index (χ0v) is 15.2. The van der Waals surface area contributed by atoms with Crippen LogP contribution in [0.4, 0.5) is 11.4 Å². The molecule has 0 radical (unpaired) electrons. The molecule has 0 spiro atoms. The van der Waals surface area contributed by atoms with Crippen molar-refractivity contribution in [3.8, 4) is 5.75 Å². The fraction of sp³-hybridized carbons (Fsp3) is 0.190. The van der Waals surface area contributed by atoms with Crippen molar-refractivity contribution in [2.24, 2.45) is 5.92 Å². The van der Waals surface area contributed by atoms with Gasteiger partial charge in [0.25, 0.3) is 0 Å². The molecule has 1 saturated heterocycles. The highest BCUT2D eigenvalue weighted by molar-refractivity contribution is 6.04. The summed E-state index contributed by atoms with van der Waals surface area (Å²) in [7, 11) is 1.57. The predicted molar refractivity (Wildman–Crippen MR) is 105 cm³/mol. The summed E-state index contributed by atoms with van der Waals surface area (Å²) in [5.74, 6) is -0.131. The van der Waals surface area contributed by atoms with Crippen LogP contribution in [0.1, 0.15) is 6.42 Å². The van der Waals surface area contributed by atoms with Crippen LogP contribution in [0.3, 0.4) is 0 Å². The Morgan fingerprint density at radius 1 is 1.14 bits per heavy atom. The molecule has 2 heterocycles. The maximum atomic E-state index is 12.7. The number of hydrogen-bond donors (Lipinski definition) is 1. The largest absolute Gasteiger partial charge is 0.497 e. The van der Waals surface area contributed by atoms with Crippen molar-refractivity contribution in [2.45, 2.75) is 6.42 Å². The Balaban J connectivity index is 1.49. The van der Waals surface area contributed by atoms with Crippen LogP contribution < -0.4 is 20.6 Å². The highest BCUT2D eigenvalue weighted by atomic mass is 16.5. The Morgan fingerprint density at radius 3 is 2.82 bits per heavy atom. The number of anilines is 2. The van der Waals surface area contributed by atoms with Gasteiger partial charge in [-0.15, -0.1) is 0 Å². The summed E-state index contributed by atoms with van der Waals surface area (Å²) < 4.78 is 10.3. The monoisotopic (exact) mass is 378 g/mol. The Kier molecular flexibility index (Phi) is 4.57. The van der Waals surface area contributed by atoms with Gasteiger partial charge in [0, 0.05) is 41.9 Å². The molecule has 1 N–H and O–H groups in total. The minimum absolute atomic E-state index is 0.103. The molecule has 7 nitrogen and oxygen atoms in total. The molecule has 28 heavy (non-hydrogen) atoms. The predicted octanol–water partition coefficient (Wildman–Crippen LogP) is 2.79. The van der Waals surface area contributed by atoms with Crippen molar-refractivity contribution in [3.63, 3.8) is 0 Å². The van der Waals surface area contributed by atoms with Gasteiger partial charge in [-0.3, -0.25) is 9.59 Å². The second-order valence-electron chi connectivity index (χ2n) is 6.60. The van der Waals surface area contributed by atoms with E-state index in [0.29, 0.717) is 34.6 Å². The van der Waals surface area contributed by atoms with E-state index in [-0.39, 0.29) is 18.2 Å². The Hall–Kier alpha value is -3.61. The van der Waals surface area contributed by atoms with E-state index in [1.54, 1.807) is 48.4 Å². The van der Waals surface area contributed by atoms with Crippen molar-refractivity contribution in [3.05, 3.63) is 65.0 Å². The van der Waals surface area contributed by atoms with Crippen LogP contribution in [0.15, 0.2) is 63.8 Å². The summed E-state index contributed by atoms with van der Waals surface area (Å²) in [6, 6.07) is 15.2. The van der Waals surface area contributed by atoms with E-state index in [4.69, 9.17) is 9.15 Å². The zero-order valence-electron chi connectivity index (χ0n) is 15.2. The van der Waals surface area contributed by atoms with Crippen molar-refractivity contribution in [1.29, 1.82) is 0 Å². The zero-order chi connectivity index (χ0) is 19.7. The number of ether oxygens (including phenoxy) is 1. The number of benzene rings is 2. The number of fused-ring (bicyclic) bond motifs is 1. The standard InChI is InChI=1S/C21H18N2O5/c1-27-17-4-2-3-16(11-17)23-12-14(10-19(23)24)21(26)22-15-6-7-18-13(9-15)5-8-20(25)28-18/h2-9,11,14H,10,12H2,1H3,(H,22,26). The van der Waals surface area contributed by atoms with Gasteiger partial charge in [-0.2, -0.15) is 0 Å². The van der Waals surface area contributed by atoms with E-state index in [1.807, 2.05) is 12.1 Å². The van der Waals surface area contributed by atoms with Crippen LogP contribution in [0, 0.1) is 5.92 Å². The Bertz CT molecular complexity index is 1120. The van der Waals surface area contributed by atoms with Crippen LogP contribution in [-0.4, -0.2) is 25.5 Å². The first kappa shape index (κ1) is 17.8. The molecular weight excluding hydrogens is 360 g/mol. The average molecular weight is 378 g/mol. The van der Waals surface area contributed by atoms with Crippen molar-refractivity contribution in [2.75, 3.05) is 23.9 Å². The van der Waals surface area contributed by atoms with Gasteiger partial charge in [-0.05, 0) is 36.4 Å². The molecule has 3 aromatic rings. The first-order valence-electron chi connectivity index (χ1n) is 8.83. The van der Waals surface area contributed by atoms with Gasteiger partial charge in [0.1, 0.15) is 11.3 Å². The minimum atomic E-state index is -0.455. The third kappa shape index (κ3) is 3.46. The minimum Gasteiger partial charge on any atom is -0.497 e. The number of methoxy groups -OCH3 is 1. The van der Waals surface area contributed by atoms with Gasteiger partial charge in [0.2, 0.25) is 11.8 Å². The molecule has 2 aromatic carbocycles. The van der Waals surface area contributed by atoms with Crippen LogP contribution in [-0.2, 0) is 9.59 Å². The summed E-state index contributed by atoms with van der Waals surface area (Å²) in [4.78, 5) is 37.9. The van der Waals surface area contributed by atoms with Crippen LogP contribution in [0.25, 0.3) is 11.0 Å². The highest BCUT2D eigenvalue weighted by Gasteiger charge is 2.35.